The molecule has 1 nitrogen and oxygen atoms in total. The molecule has 4 rings (SSSR count). The normalized spacial score (nSPS) is 12.4. The molecule has 0 saturated heterocycles. The zero-order valence-corrected chi connectivity index (χ0v) is 21.6. The molecule has 0 aliphatic heterocycles. The van der Waals surface area contributed by atoms with Crippen LogP contribution in [0.5, 0.6) is 0 Å². The first-order valence-electron chi connectivity index (χ1n) is 8.51. The summed E-state index contributed by atoms with van der Waals surface area (Å²) in [7, 11) is 0. The largest absolute Gasteiger partial charge is 4.00 e. The minimum absolute atomic E-state index is 0. The summed E-state index contributed by atoms with van der Waals surface area (Å²) in [5.41, 5.74) is 8.09. The molecule has 0 radical (unpaired) electrons. The number of aromatic nitrogens is 1. The Morgan fingerprint density at radius 1 is 0.963 bits per heavy atom. The van der Waals surface area contributed by atoms with E-state index in [-0.39, 0.29) is 50.7 Å². The van der Waals surface area contributed by atoms with Gasteiger partial charge in [-0.15, -0.1) is 54.4 Å². The third-order valence-corrected chi connectivity index (χ3v) is 4.85. The van der Waals surface area contributed by atoms with Crippen LogP contribution in [0, 0.1) is 19.9 Å². The van der Waals surface area contributed by atoms with Gasteiger partial charge in [-0.05, 0) is 31.2 Å². The van der Waals surface area contributed by atoms with Crippen molar-refractivity contribution in [3.05, 3.63) is 82.7 Å². The average molecular weight is 565 g/mol. The maximum Gasteiger partial charge on any atom is 4.00 e. The molecule has 0 spiro atoms. The molecule has 1 aromatic heterocycles. The van der Waals surface area contributed by atoms with Gasteiger partial charge in [0, 0.05) is 11.9 Å². The fraction of sp³-hybridized carbons (Fsp3) is 0.261. The molecule has 1 aliphatic rings. The van der Waals surface area contributed by atoms with Gasteiger partial charge in [0.05, 0.1) is 0 Å². The molecule has 140 valence electrons. The molecule has 27 heavy (non-hydrogen) atoms. The van der Waals surface area contributed by atoms with Gasteiger partial charge in [0.2, 0.25) is 0 Å². The van der Waals surface area contributed by atoms with Gasteiger partial charge in [-0.2, -0.15) is 11.1 Å². The number of halogens is 2. The molecular formula is C23H25Cl2HfN. The second-order valence-corrected chi connectivity index (χ2v) is 6.76. The molecule has 0 fully saturated rings. The smallest absolute Gasteiger partial charge is 1.00 e. The van der Waals surface area contributed by atoms with Crippen LogP contribution < -0.4 is 24.8 Å². The van der Waals surface area contributed by atoms with Crippen LogP contribution in [-0.2, 0) is 25.8 Å². The number of benzene rings is 1. The fourth-order valence-corrected chi connectivity index (χ4v) is 3.14. The van der Waals surface area contributed by atoms with Crippen molar-refractivity contribution in [2.75, 3.05) is 0 Å². The molecule has 0 atom stereocenters. The van der Waals surface area contributed by atoms with E-state index in [1.807, 2.05) is 0 Å². The molecular weight excluding hydrogens is 540 g/mol. The van der Waals surface area contributed by atoms with E-state index in [0.29, 0.717) is 0 Å². The number of fused-ring (bicyclic) bond motifs is 1. The number of hydrogen-bond acceptors (Lipinski definition) is 0. The number of aryl methyl sites for hydroxylation is 2. The van der Waals surface area contributed by atoms with E-state index in [1.54, 1.807) is 0 Å². The second kappa shape index (κ2) is 11.1. The quantitative estimate of drug-likeness (QED) is 0.299. The molecule has 1 heterocycles. The van der Waals surface area contributed by atoms with Crippen LogP contribution in [0.25, 0.3) is 16.5 Å². The van der Waals surface area contributed by atoms with E-state index in [4.69, 9.17) is 0 Å². The summed E-state index contributed by atoms with van der Waals surface area (Å²) < 4.78 is 2.25. The van der Waals surface area contributed by atoms with E-state index in [1.165, 1.54) is 44.4 Å². The van der Waals surface area contributed by atoms with E-state index in [9.17, 15) is 0 Å². The second-order valence-electron chi connectivity index (χ2n) is 6.76. The molecule has 4 heteroatoms. The van der Waals surface area contributed by atoms with Gasteiger partial charge in [0.15, 0.2) is 0 Å². The van der Waals surface area contributed by atoms with Crippen molar-refractivity contribution in [1.82, 2.24) is 4.57 Å². The van der Waals surface area contributed by atoms with Crippen LogP contribution in [0.15, 0.2) is 65.4 Å². The molecule has 0 bridgehead atoms. The number of nitrogens with zero attached hydrogens (tertiary/aromatic N) is 1. The first kappa shape index (κ1) is 26.0. The van der Waals surface area contributed by atoms with Crippen molar-refractivity contribution in [1.29, 1.82) is 0 Å². The molecule has 0 N–H and O–H groups in total. The van der Waals surface area contributed by atoms with Crippen molar-refractivity contribution < 1.29 is 50.7 Å². The summed E-state index contributed by atoms with van der Waals surface area (Å²) in [5, 5.41) is 2.62. The predicted molar refractivity (Wildman–Crippen MR) is 104 cm³/mol. The summed E-state index contributed by atoms with van der Waals surface area (Å²) in [6.45, 7) is 10.7. The Morgan fingerprint density at radius 3 is 2.07 bits per heavy atom. The first-order chi connectivity index (χ1) is 11.5. The van der Waals surface area contributed by atoms with Crippen LogP contribution in [0.2, 0.25) is 0 Å². The van der Waals surface area contributed by atoms with Crippen LogP contribution in [0.1, 0.15) is 38.4 Å². The Bertz CT molecular complexity index is 906. The summed E-state index contributed by atoms with van der Waals surface area (Å²) in [5.74, 6) is 0. The topological polar surface area (TPSA) is 4.93 Å². The average Bonchev–Trinajstić information content (AvgIpc) is 3.21. The zero-order chi connectivity index (χ0) is 17.3. The van der Waals surface area contributed by atoms with Gasteiger partial charge < -0.3 is 29.4 Å². The van der Waals surface area contributed by atoms with E-state index in [2.05, 4.69) is 93.9 Å². The molecule has 0 saturated carbocycles. The van der Waals surface area contributed by atoms with E-state index < -0.39 is 0 Å². The van der Waals surface area contributed by atoms with Crippen molar-refractivity contribution in [2.24, 2.45) is 0 Å². The number of hydrogen-bond donors (Lipinski definition) is 0. The Hall–Kier alpha value is -0.960. The van der Waals surface area contributed by atoms with Crippen molar-refractivity contribution in [2.45, 2.75) is 41.0 Å². The van der Waals surface area contributed by atoms with Gasteiger partial charge >= 0.3 is 25.8 Å². The van der Waals surface area contributed by atoms with Gasteiger partial charge in [-0.1, -0.05) is 19.9 Å². The molecule has 3 aromatic rings. The summed E-state index contributed by atoms with van der Waals surface area (Å²) >= 11 is 0. The molecule has 2 aromatic carbocycles. The third kappa shape index (κ3) is 6.01. The van der Waals surface area contributed by atoms with Crippen molar-refractivity contribution >= 4 is 10.8 Å². The molecule has 0 amide bonds. The summed E-state index contributed by atoms with van der Waals surface area (Å²) in [6, 6.07) is 15.2. The van der Waals surface area contributed by atoms with Gasteiger partial charge in [0.1, 0.15) is 0 Å². The number of allylic oxidation sites excluding steroid dienone is 4. The Morgan fingerprint density at radius 2 is 1.63 bits per heavy atom. The maximum atomic E-state index is 3.26. The van der Waals surface area contributed by atoms with Crippen LogP contribution in [0.3, 0.4) is 0 Å². The third-order valence-electron chi connectivity index (χ3n) is 4.85. The van der Waals surface area contributed by atoms with Crippen molar-refractivity contribution in [3.8, 4) is 5.69 Å². The Labute approximate surface area is 194 Å². The van der Waals surface area contributed by atoms with Crippen LogP contribution >= 0.6 is 0 Å². The van der Waals surface area contributed by atoms with Crippen LogP contribution in [-0.4, -0.2) is 4.57 Å². The summed E-state index contributed by atoms with van der Waals surface area (Å²) in [6.07, 6.45) is 6.50. The minimum Gasteiger partial charge on any atom is -1.00 e. The minimum atomic E-state index is 0. The number of rotatable bonds is 1. The standard InChI is InChI=1S/C15H14N.C8H11.2ClH.Hf/c1-11-7-12(2)16(10-11)15-8-13-5-3-4-6-14(13)9-15;1-6-4-5-7(2)8(6)3;;;/h3-10H,1-2H3;4H2,1-3H3;2*1H;/q2*-1;;;+4/p-2. The maximum absolute atomic E-state index is 3.26. The molecule has 0 unspecified atom stereocenters. The van der Waals surface area contributed by atoms with Crippen LogP contribution in [0.4, 0.5) is 0 Å². The molecule has 1 aliphatic carbocycles. The fourth-order valence-electron chi connectivity index (χ4n) is 3.14. The SMILES string of the molecule is CC1=[C-]CC(C)=C1C.Cc1cc(C)n(-c2cc3ccccc3[cH-]2)c1.[Cl-].[Cl-].[Hf+4]. The zero-order valence-electron chi connectivity index (χ0n) is 16.5. The predicted octanol–water partition coefficient (Wildman–Crippen LogP) is 0.448. The van der Waals surface area contributed by atoms with Gasteiger partial charge in [-0.25, -0.2) is 5.57 Å². The summed E-state index contributed by atoms with van der Waals surface area (Å²) in [4.78, 5) is 0. The monoisotopic (exact) mass is 565 g/mol. The Kier molecular flexibility index (Phi) is 10.7. The van der Waals surface area contributed by atoms with Gasteiger partial charge in [-0.3, -0.25) is 6.08 Å². The van der Waals surface area contributed by atoms with Crippen molar-refractivity contribution in [3.63, 3.8) is 0 Å². The van der Waals surface area contributed by atoms with Gasteiger partial charge in [0.25, 0.3) is 0 Å². The van der Waals surface area contributed by atoms with E-state index in [0.717, 1.165) is 6.42 Å². The Balaban J connectivity index is 0.000000535. The van der Waals surface area contributed by atoms with E-state index >= 15 is 0 Å². The first-order valence-corrected chi connectivity index (χ1v) is 8.51.